The van der Waals surface area contributed by atoms with E-state index in [-0.39, 0.29) is 11.6 Å². The van der Waals surface area contributed by atoms with Crippen molar-refractivity contribution in [1.29, 1.82) is 0 Å². The average molecular weight is 267 g/mol. The Balaban J connectivity index is 2.07. The molecule has 2 heterocycles. The third kappa shape index (κ3) is 2.03. The van der Waals surface area contributed by atoms with E-state index >= 15 is 0 Å². The van der Waals surface area contributed by atoms with Crippen LogP contribution < -0.4 is 0 Å². The highest BCUT2D eigenvalue weighted by molar-refractivity contribution is 5.91. The van der Waals surface area contributed by atoms with Crippen LogP contribution in [0.5, 0.6) is 0 Å². The van der Waals surface area contributed by atoms with Crippen LogP contribution in [0.1, 0.15) is 28.9 Å². The summed E-state index contributed by atoms with van der Waals surface area (Å²) in [6, 6.07) is 11.6. The van der Waals surface area contributed by atoms with Crippen molar-refractivity contribution in [3.8, 4) is 0 Å². The monoisotopic (exact) mass is 267 g/mol. The first-order valence-electron chi connectivity index (χ1n) is 6.28. The fourth-order valence-corrected chi connectivity index (χ4v) is 2.21. The molecule has 1 atom stereocenters. The Kier molecular flexibility index (Phi) is 2.95. The molecule has 3 aromatic rings. The molecule has 1 aromatic carbocycles. The number of carboxylic acid groups (broad SMARTS) is 1. The second-order valence-electron chi connectivity index (χ2n) is 4.62. The Bertz CT molecular complexity index is 765. The van der Waals surface area contributed by atoms with Gasteiger partial charge in [0.15, 0.2) is 5.65 Å². The highest BCUT2D eigenvalue weighted by Crippen LogP contribution is 2.22. The van der Waals surface area contributed by atoms with Crippen LogP contribution >= 0.6 is 0 Å². The molecule has 0 bridgehead atoms. The number of hydrogen-bond donors (Lipinski definition) is 1. The summed E-state index contributed by atoms with van der Waals surface area (Å²) < 4.78 is 1.80. The molecular formula is C15H13N3O2. The molecule has 0 fully saturated rings. The lowest BCUT2D eigenvalue weighted by Gasteiger charge is -2.13. The maximum absolute atomic E-state index is 10.9. The molecule has 0 amide bonds. The second kappa shape index (κ2) is 4.77. The first-order chi connectivity index (χ1) is 9.66. The molecule has 0 radical (unpaired) electrons. The quantitative estimate of drug-likeness (QED) is 0.792. The van der Waals surface area contributed by atoms with Gasteiger partial charge in [0.05, 0.1) is 17.8 Å². The van der Waals surface area contributed by atoms with Crippen molar-refractivity contribution in [2.45, 2.75) is 13.0 Å². The summed E-state index contributed by atoms with van der Waals surface area (Å²) in [6.45, 7) is 2.04. The van der Waals surface area contributed by atoms with E-state index in [4.69, 9.17) is 5.11 Å². The molecule has 1 unspecified atom stereocenters. The predicted molar refractivity (Wildman–Crippen MR) is 74.7 cm³/mol. The standard InChI is InChI=1S/C15H13N3O2/c1-10(11-5-3-2-4-6-11)18-14-12(9-17-18)7-13(8-16-14)15(19)20/h2-10H,1H3,(H,19,20). The van der Waals surface area contributed by atoms with Crippen LogP contribution in [0.15, 0.2) is 48.8 Å². The van der Waals surface area contributed by atoms with Gasteiger partial charge in [0.2, 0.25) is 0 Å². The van der Waals surface area contributed by atoms with Crippen molar-refractivity contribution in [3.63, 3.8) is 0 Å². The van der Waals surface area contributed by atoms with Gasteiger partial charge in [-0.2, -0.15) is 5.10 Å². The van der Waals surface area contributed by atoms with E-state index in [2.05, 4.69) is 10.1 Å². The molecule has 5 nitrogen and oxygen atoms in total. The predicted octanol–water partition coefficient (Wildman–Crippen LogP) is 2.74. The minimum atomic E-state index is -0.983. The van der Waals surface area contributed by atoms with Gasteiger partial charge >= 0.3 is 5.97 Å². The molecule has 0 saturated heterocycles. The van der Waals surface area contributed by atoms with E-state index < -0.39 is 5.97 Å². The molecule has 5 heteroatoms. The van der Waals surface area contributed by atoms with Crippen molar-refractivity contribution >= 4 is 17.0 Å². The van der Waals surface area contributed by atoms with Gasteiger partial charge in [-0.3, -0.25) is 0 Å². The number of fused-ring (bicyclic) bond motifs is 1. The van der Waals surface area contributed by atoms with E-state index in [9.17, 15) is 4.79 Å². The molecule has 0 aliphatic rings. The molecule has 100 valence electrons. The Morgan fingerprint density at radius 2 is 2.00 bits per heavy atom. The van der Waals surface area contributed by atoms with Gasteiger partial charge < -0.3 is 5.11 Å². The summed E-state index contributed by atoms with van der Waals surface area (Å²) in [5.41, 5.74) is 1.98. The van der Waals surface area contributed by atoms with Gasteiger partial charge in [0, 0.05) is 11.6 Å². The topological polar surface area (TPSA) is 68.0 Å². The molecule has 1 N–H and O–H groups in total. The van der Waals surface area contributed by atoms with E-state index in [1.165, 1.54) is 6.20 Å². The number of hydrogen-bond acceptors (Lipinski definition) is 3. The lowest BCUT2D eigenvalue weighted by atomic mass is 10.1. The molecule has 2 aromatic heterocycles. The molecule has 0 spiro atoms. The lowest BCUT2D eigenvalue weighted by Crippen LogP contribution is -2.09. The Morgan fingerprint density at radius 3 is 2.70 bits per heavy atom. The number of aromatic carboxylic acids is 1. The van der Waals surface area contributed by atoms with Crippen molar-refractivity contribution in [2.75, 3.05) is 0 Å². The summed E-state index contributed by atoms with van der Waals surface area (Å²) in [5.74, 6) is -0.983. The second-order valence-corrected chi connectivity index (χ2v) is 4.62. The molecule has 0 aliphatic carbocycles. The van der Waals surface area contributed by atoms with Crippen molar-refractivity contribution < 1.29 is 9.90 Å². The van der Waals surface area contributed by atoms with Crippen LogP contribution in [0.3, 0.4) is 0 Å². The summed E-state index contributed by atoms with van der Waals surface area (Å²) in [6.07, 6.45) is 3.01. The van der Waals surface area contributed by atoms with E-state index in [1.54, 1.807) is 16.9 Å². The summed E-state index contributed by atoms with van der Waals surface area (Å²) in [7, 11) is 0. The fraction of sp³-hybridized carbons (Fsp3) is 0.133. The van der Waals surface area contributed by atoms with Gasteiger partial charge in [-0.1, -0.05) is 30.3 Å². The molecule has 0 saturated carbocycles. The third-order valence-electron chi connectivity index (χ3n) is 3.33. The number of rotatable bonds is 3. The number of carboxylic acids is 1. The normalized spacial score (nSPS) is 12.4. The van der Waals surface area contributed by atoms with Crippen molar-refractivity contribution in [3.05, 3.63) is 59.9 Å². The molecule has 0 aliphatic heterocycles. The maximum atomic E-state index is 10.9. The summed E-state index contributed by atoms with van der Waals surface area (Å²) >= 11 is 0. The van der Waals surface area contributed by atoms with E-state index in [1.807, 2.05) is 37.3 Å². The van der Waals surface area contributed by atoms with E-state index in [0.29, 0.717) is 5.65 Å². The zero-order valence-corrected chi connectivity index (χ0v) is 10.9. The van der Waals surface area contributed by atoms with Crippen LogP contribution in [0, 0.1) is 0 Å². The first kappa shape index (κ1) is 12.3. The number of pyridine rings is 1. The van der Waals surface area contributed by atoms with Gasteiger partial charge in [0.25, 0.3) is 0 Å². The first-order valence-corrected chi connectivity index (χ1v) is 6.28. The SMILES string of the molecule is CC(c1ccccc1)n1ncc2cc(C(=O)O)cnc21. The number of nitrogens with zero attached hydrogens (tertiary/aromatic N) is 3. The van der Waals surface area contributed by atoms with Crippen LogP contribution in [0.25, 0.3) is 11.0 Å². The van der Waals surface area contributed by atoms with Crippen LogP contribution in [0.2, 0.25) is 0 Å². The molecule has 3 rings (SSSR count). The van der Waals surface area contributed by atoms with Gasteiger partial charge in [0.1, 0.15) is 0 Å². The van der Waals surface area contributed by atoms with Gasteiger partial charge in [-0.25, -0.2) is 14.5 Å². The van der Waals surface area contributed by atoms with Crippen molar-refractivity contribution in [2.24, 2.45) is 0 Å². The lowest BCUT2D eigenvalue weighted by molar-refractivity contribution is 0.0696. The Hall–Kier alpha value is -2.69. The zero-order chi connectivity index (χ0) is 14.1. The molecule has 20 heavy (non-hydrogen) atoms. The fourth-order valence-electron chi connectivity index (χ4n) is 2.21. The third-order valence-corrected chi connectivity index (χ3v) is 3.33. The highest BCUT2D eigenvalue weighted by Gasteiger charge is 2.14. The van der Waals surface area contributed by atoms with E-state index in [0.717, 1.165) is 10.9 Å². The smallest absolute Gasteiger partial charge is 0.337 e. The zero-order valence-electron chi connectivity index (χ0n) is 10.9. The average Bonchev–Trinajstić information content (AvgIpc) is 2.90. The van der Waals surface area contributed by atoms with Crippen LogP contribution in [-0.4, -0.2) is 25.8 Å². The Morgan fingerprint density at radius 1 is 1.25 bits per heavy atom. The minimum absolute atomic E-state index is 0.0388. The van der Waals surface area contributed by atoms with Gasteiger partial charge in [-0.15, -0.1) is 0 Å². The summed E-state index contributed by atoms with van der Waals surface area (Å²) in [4.78, 5) is 15.2. The summed E-state index contributed by atoms with van der Waals surface area (Å²) in [5, 5.41) is 14.0. The van der Waals surface area contributed by atoms with Crippen molar-refractivity contribution in [1.82, 2.24) is 14.8 Å². The maximum Gasteiger partial charge on any atom is 0.337 e. The number of benzene rings is 1. The minimum Gasteiger partial charge on any atom is -0.478 e. The van der Waals surface area contributed by atoms with Crippen LogP contribution in [0.4, 0.5) is 0 Å². The number of aromatic nitrogens is 3. The Labute approximate surface area is 115 Å². The van der Waals surface area contributed by atoms with Gasteiger partial charge in [-0.05, 0) is 18.6 Å². The highest BCUT2D eigenvalue weighted by atomic mass is 16.4. The molecular weight excluding hydrogens is 254 g/mol. The van der Waals surface area contributed by atoms with Crippen LogP contribution in [-0.2, 0) is 0 Å². The largest absolute Gasteiger partial charge is 0.478 e. The number of carbonyl (C=O) groups is 1.